The molecule has 1 heteroatoms. The minimum absolute atomic E-state index is 0.287. The van der Waals surface area contributed by atoms with Crippen molar-refractivity contribution in [3.05, 3.63) is 47.5 Å². The molecule has 1 aliphatic heterocycles. The third-order valence-electron chi connectivity index (χ3n) is 3.53. The van der Waals surface area contributed by atoms with Gasteiger partial charge in [0, 0.05) is 18.9 Å². The zero-order valence-corrected chi connectivity index (χ0v) is 11.2. The molecule has 1 nitrogen and oxygen atoms in total. The van der Waals surface area contributed by atoms with Gasteiger partial charge in [-0.15, -0.1) is 0 Å². The summed E-state index contributed by atoms with van der Waals surface area (Å²) in [6.45, 7) is 7.02. The molecular weight excluding hydrogens is 206 g/mol. The molecule has 0 amide bonds. The van der Waals surface area contributed by atoms with Crippen molar-refractivity contribution in [2.45, 2.75) is 20.8 Å². The molecule has 0 N–H and O–H groups in total. The summed E-state index contributed by atoms with van der Waals surface area (Å²) in [7, 11) is 2.12. The second kappa shape index (κ2) is 4.87. The van der Waals surface area contributed by atoms with Crippen LogP contribution < -0.4 is 0 Å². The first-order valence-corrected chi connectivity index (χ1v) is 6.22. The fraction of sp³-hybridized carbons (Fsp3) is 0.438. The van der Waals surface area contributed by atoms with Gasteiger partial charge in [-0.05, 0) is 24.4 Å². The highest BCUT2D eigenvalue weighted by molar-refractivity contribution is 6.06. The lowest BCUT2D eigenvalue weighted by atomic mass is 9.91. The number of allylic oxidation sites excluding steroid dienone is 1. The van der Waals surface area contributed by atoms with Gasteiger partial charge < -0.3 is 0 Å². The molecule has 0 spiro atoms. The Morgan fingerprint density at radius 2 is 2.06 bits per heavy atom. The van der Waals surface area contributed by atoms with Gasteiger partial charge in [0.15, 0.2) is 0 Å². The summed E-state index contributed by atoms with van der Waals surface area (Å²) in [5.74, 6) is -0.127. The van der Waals surface area contributed by atoms with Crippen LogP contribution in [0.15, 0.2) is 36.4 Å². The number of hydrogen-bond acceptors (Lipinski definition) is 0. The van der Waals surface area contributed by atoms with Gasteiger partial charge in [-0.1, -0.05) is 38.1 Å². The molecule has 17 heavy (non-hydrogen) atoms. The Labute approximate surface area is 106 Å². The van der Waals surface area contributed by atoms with Gasteiger partial charge in [0.1, 0.15) is 13.6 Å². The smallest absolute Gasteiger partial charge is 0.206 e. The second-order valence-corrected chi connectivity index (χ2v) is 5.12. The van der Waals surface area contributed by atoms with Crippen molar-refractivity contribution >= 4 is 5.71 Å². The highest BCUT2D eigenvalue weighted by atomic mass is 15.0. The fourth-order valence-electron chi connectivity index (χ4n) is 2.32. The van der Waals surface area contributed by atoms with E-state index in [1.54, 1.807) is 0 Å². The van der Waals surface area contributed by atoms with E-state index in [0.29, 0.717) is 0 Å². The van der Waals surface area contributed by atoms with Gasteiger partial charge >= 0.3 is 0 Å². The summed E-state index contributed by atoms with van der Waals surface area (Å²) in [5.41, 5.74) is 3.85. The second-order valence-electron chi connectivity index (χ2n) is 5.12. The van der Waals surface area contributed by atoms with E-state index in [9.17, 15) is 0 Å². The third-order valence-corrected chi connectivity index (χ3v) is 3.53. The lowest BCUT2D eigenvalue weighted by molar-refractivity contribution is -0.504. The Morgan fingerprint density at radius 1 is 1.35 bits per heavy atom. The maximum absolute atomic E-state index is 8.14. The molecule has 1 atom stereocenters. The molecule has 0 aliphatic carbocycles. The molecule has 0 bridgehead atoms. The molecule has 90 valence electrons. The highest BCUT2D eigenvalue weighted by Crippen LogP contribution is 2.19. The number of hydrogen-bond donors (Lipinski definition) is 0. The molecule has 1 aliphatic rings. The van der Waals surface area contributed by atoms with E-state index >= 15 is 0 Å². The highest BCUT2D eigenvalue weighted by Gasteiger charge is 2.23. The standard InChI is InChI=1S/C16H22N/c1-12(2)14-9-10-16(17(4)11-14)15-8-6-5-7-13(15)3/h5-10,12,14H,11H2,1-4H3/q+1/i12D. The van der Waals surface area contributed by atoms with E-state index in [-0.39, 0.29) is 5.92 Å². The predicted molar refractivity (Wildman–Crippen MR) is 73.8 cm³/mol. The zero-order valence-electron chi connectivity index (χ0n) is 12.2. The first-order chi connectivity index (χ1) is 8.39. The van der Waals surface area contributed by atoms with Gasteiger partial charge in [0.25, 0.3) is 0 Å². The minimum Gasteiger partial charge on any atom is -0.231 e. The zero-order chi connectivity index (χ0) is 13.3. The Bertz CT molecular complexity index is 506. The minimum atomic E-state index is -0.415. The van der Waals surface area contributed by atoms with Crippen molar-refractivity contribution in [2.24, 2.45) is 11.8 Å². The lowest BCUT2D eigenvalue weighted by Crippen LogP contribution is -2.29. The Hall–Kier alpha value is -1.37. The van der Waals surface area contributed by atoms with Gasteiger partial charge in [0.2, 0.25) is 5.71 Å². The van der Waals surface area contributed by atoms with Crippen LogP contribution in [0.4, 0.5) is 0 Å². The van der Waals surface area contributed by atoms with Crippen LogP contribution >= 0.6 is 0 Å². The van der Waals surface area contributed by atoms with Crippen LogP contribution in [0.3, 0.4) is 0 Å². The average Bonchev–Trinajstić information content (AvgIpc) is 2.29. The van der Waals surface area contributed by atoms with Crippen LogP contribution in [-0.4, -0.2) is 23.9 Å². The van der Waals surface area contributed by atoms with Crippen LogP contribution in [0.5, 0.6) is 0 Å². The van der Waals surface area contributed by atoms with Gasteiger partial charge in [-0.25, -0.2) is 4.58 Å². The van der Waals surface area contributed by atoms with Crippen LogP contribution in [-0.2, 0) is 0 Å². The Morgan fingerprint density at radius 3 is 2.65 bits per heavy atom. The molecule has 1 aromatic rings. The van der Waals surface area contributed by atoms with E-state index in [0.717, 1.165) is 6.54 Å². The molecular formula is C16H22N+. The Kier molecular flexibility index (Phi) is 3.08. The SMILES string of the molecule is [2H]C(C)(C)C1C=CC(c2ccccc2C)=[N+](C)C1. The van der Waals surface area contributed by atoms with Crippen molar-refractivity contribution in [3.63, 3.8) is 0 Å². The summed E-state index contributed by atoms with van der Waals surface area (Å²) >= 11 is 0. The summed E-state index contributed by atoms with van der Waals surface area (Å²) in [4.78, 5) is 0. The van der Waals surface area contributed by atoms with E-state index < -0.39 is 5.89 Å². The van der Waals surface area contributed by atoms with Crippen LogP contribution in [0.1, 0.15) is 26.3 Å². The molecule has 0 aromatic heterocycles. The monoisotopic (exact) mass is 229 g/mol. The first kappa shape index (κ1) is 10.8. The van der Waals surface area contributed by atoms with E-state index in [2.05, 4.69) is 55.0 Å². The van der Waals surface area contributed by atoms with E-state index in [1.165, 1.54) is 16.8 Å². The fourth-order valence-corrected chi connectivity index (χ4v) is 2.32. The molecule has 0 saturated carbocycles. The van der Waals surface area contributed by atoms with E-state index in [1.807, 2.05) is 13.8 Å². The molecule has 0 radical (unpaired) electrons. The van der Waals surface area contributed by atoms with Crippen LogP contribution in [0.2, 0.25) is 0 Å². The molecule has 0 saturated heterocycles. The predicted octanol–water partition coefficient (Wildman–Crippen LogP) is 3.27. The molecule has 1 heterocycles. The van der Waals surface area contributed by atoms with Gasteiger partial charge in [-0.2, -0.15) is 0 Å². The van der Waals surface area contributed by atoms with Gasteiger partial charge in [0.05, 0.1) is 0 Å². The summed E-state index contributed by atoms with van der Waals surface area (Å²) in [5, 5.41) is 0. The summed E-state index contributed by atoms with van der Waals surface area (Å²) < 4.78 is 10.4. The molecule has 1 aromatic carbocycles. The summed E-state index contributed by atoms with van der Waals surface area (Å²) in [6.07, 6.45) is 4.36. The van der Waals surface area contributed by atoms with Crippen molar-refractivity contribution in [1.29, 1.82) is 0 Å². The normalized spacial score (nSPS) is 21.6. The van der Waals surface area contributed by atoms with Crippen molar-refractivity contribution in [2.75, 3.05) is 13.6 Å². The van der Waals surface area contributed by atoms with Gasteiger partial charge in [-0.3, -0.25) is 0 Å². The largest absolute Gasteiger partial charge is 0.231 e. The maximum atomic E-state index is 8.14. The molecule has 2 rings (SSSR count). The summed E-state index contributed by atoms with van der Waals surface area (Å²) in [6, 6.07) is 8.46. The van der Waals surface area contributed by atoms with Crippen LogP contribution in [0, 0.1) is 18.7 Å². The van der Waals surface area contributed by atoms with Crippen molar-refractivity contribution in [1.82, 2.24) is 0 Å². The first-order valence-electron chi connectivity index (χ1n) is 6.72. The molecule has 0 fully saturated rings. The number of rotatable bonds is 2. The van der Waals surface area contributed by atoms with Crippen molar-refractivity contribution < 1.29 is 5.95 Å². The van der Waals surface area contributed by atoms with Crippen molar-refractivity contribution in [3.8, 4) is 0 Å². The lowest BCUT2D eigenvalue weighted by Gasteiger charge is -2.19. The van der Waals surface area contributed by atoms with E-state index in [4.69, 9.17) is 1.37 Å². The number of benzene rings is 1. The number of nitrogens with zero attached hydrogens (tertiary/aromatic N) is 1. The molecule has 1 unspecified atom stereocenters. The quantitative estimate of drug-likeness (QED) is 0.685. The topological polar surface area (TPSA) is 3.01 Å². The third kappa shape index (κ3) is 2.49. The Balaban J connectivity index is 2.34. The maximum Gasteiger partial charge on any atom is 0.206 e. The van der Waals surface area contributed by atoms with Crippen LogP contribution in [0.25, 0.3) is 0 Å². The number of aryl methyl sites for hydroxylation is 1. The average molecular weight is 229 g/mol.